The Morgan fingerprint density at radius 3 is 2.00 bits per heavy atom. The minimum atomic E-state index is -2.36. The molecule has 0 heterocycles. The topological polar surface area (TPSA) is 95.5 Å². The second-order valence-corrected chi connectivity index (χ2v) is 23.9. The fraction of sp³-hybridized carbons (Fsp3) is 0.444. The smallest absolute Gasteiger partial charge is 0.307 e. The molecule has 1 unspecified atom stereocenters. The number of carboxylic acid groups (broad SMARTS) is 1. The van der Waals surface area contributed by atoms with Gasteiger partial charge in [-0.1, -0.05) is 18.6 Å². The number of amides is 2. The predicted molar refractivity (Wildman–Crippen MR) is 148 cm³/mol. The zero-order valence-electron chi connectivity index (χ0n) is 21.5. The van der Waals surface area contributed by atoms with Crippen molar-refractivity contribution in [2.45, 2.75) is 35.1 Å². The minimum absolute atomic E-state index is 0.364. The van der Waals surface area contributed by atoms with E-state index in [9.17, 15) is 19.5 Å². The molecule has 1 aliphatic rings. The van der Waals surface area contributed by atoms with Gasteiger partial charge >= 0.3 is 5.97 Å². The molecular weight excluding hydrogens is 480 g/mol. The molecular formula is C27H38N2O4S2. The molecule has 2 amide bonds. The van der Waals surface area contributed by atoms with Crippen molar-refractivity contribution in [3.05, 3.63) is 54.1 Å². The maximum Gasteiger partial charge on any atom is 0.307 e. The number of hydrogen-bond acceptors (Lipinski definition) is 4. The Hall–Kier alpha value is -2.45. The Morgan fingerprint density at radius 1 is 0.914 bits per heavy atom. The number of aliphatic carboxylic acids is 1. The first-order valence-electron chi connectivity index (χ1n) is 11.7. The molecule has 0 bridgehead atoms. The van der Waals surface area contributed by atoms with Crippen molar-refractivity contribution in [3.63, 3.8) is 0 Å². The van der Waals surface area contributed by atoms with E-state index < -0.39 is 38.0 Å². The molecule has 2 aromatic carbocycles. The van der Waals surface area contributed by atoms with Gasteiger partial charge in [0, 0.05) is 10.6 Å². The molecule has 1 fully saturated rings. The highest BCUT2D eigenvalue weighted by molar-refractivity contribution is 8.62. The first kappa shape index (κ1) is 27.1. The third-order valence-electron chi connectivity index (χ3n) is 6.47. The number of anilines is 1. The first-order valence-corrected chi connectivity index (χ1v) is 17.4. The highest BCUT2D eigenvalue weighted by atomic mass is 32.4. The van der Waals surface area contributed by atoms with Gasteiger partial charge in [-0.25, -0.2) is 0 Å². The summed E-state index contributed by atoms with van der Waals surface area (Å²) in [5.74, 6) is -3.06. The maximum absolute atomic E-state index is 13.4. The zero-order chi connectivity index (χ0) is 26.1. The monoisotopic (exact) mass is 518 g/mol. The van der Waals surface area contributed by atoms with Crippen LogP contribution >= 0.6 is 20.1 Å². The van der Waals surface area contributed by atoms with Gasteiger partial charge in [-0.2, -0.15) is 0 Å². The lowest BCUT2D eigenvalue weighted by atomic mass is 9.94. The fourth-order valence-corrected chi connectivity index (χ4v) is 6.25. The number of thioether (sulfide) groups is 1. The third-order valence-corrected chi connectivity index (χ3v) is 9.84. The fourth-order valence-electron chi connectivity index (χ4n) is 4.35. The van der Waals surface area contributed by atoms with Gasteiger partial charge < -0.3 is 15.7 Å². The summed E-state index contributed by atoms with van der Waals surface area (Å²) in [5.41, 5.74) is 1.29. The molecule has 192 valence electrons. The third kappa shape index (κ3) is 6.82. The van der Waals surface area contributed by atoms with Crippen LogP contribution in [0, 0.1) is 11.8 Å². The van der Waals surface area contributed by atoms with Gasteiger partial charge in [-0.15, -0.1) is 11.8 Å². The number of nitrogens with one attached hydrogen (secondary N) is 2. The SMILES string of the molecule is CSc1ccc(C(NC(=O)[C@@H]2CCC[C@@H]2C(=O)O)C(=O)Nc2ccc(S(C)(C)(C)(C)C)cc2)cc1. The molecule has 2 aromatic rings. The van der Waals surface area contributed by atoms with E-state index >= 15 is 0 Å². The summed E-state index contributed by atoms with van der Waals surface area (Å²) in [4.78, 5) is 40.4. The molecule has 8 heteroatoms. The summed E-state index contributed by atoms with van der Waals surface area (Å²) < 4.78 is 0. The highest BCUT2D eigenvalue weighted by Gasteiger charge is 2.40. The van der Waals surface area contributed by atoms with Gasteiger partial charge in [0.25, 0.3) is 5.91 Å². The molecule has 35 heavy (non-hydrogen) atoms. The Morgan fingerprint density at radius 2 is 1.49 bits per heavy atom. The van der Waals surface area contributed by atoms with Crippen LogP contribution in [0.1, 0.15) is 30.9 Å². The van der Waals surface area contributed by atoms with Gasteiger partial charge in [-0.3, -0.25) is 22.7 Å². The van der Waals surface area contributed by atoms with Gasteiger partial charge in [0.05, 0.1) is 11.8 Å². The van der Waals surface area contributed by atoms with Crippen LogP contribution < -0.4 is 10.6 Å². The average Bonchev–Trinajstić information content (AvgIpc) is 3.27. The van der Waals surface area contributed by atoms with Crippen molar-refractivity contribution in [1.82, 2.24) is 5.32 Å². The van der Waals surface area contributed by atoms with Crippen LogP contribution in [-0.4, -0.2) is 60.4 Å². The standard InChI is InChI=1S/C27H38N2O4S2/c1-34-20-14-10-18(11-15-20)24(29-25(30)22-8-7-9-23(22)27(32)33)26(31)28-19-12-16-21(17-13-19)35(2,3,4,5)6/h10-17,22-24H,7-9H2,1-6H3,(H,28,31)(H,29,30)(H,32,33)/t22-,23+,24?/m1/s1. The van der Waals surface area contributed by atoms with Gasteiger partial charge in [-0.05, 0) is 97.2 Å². The molecule has 0 spiro atoms. The number of rotatable bonds is 8. The van der Waals surface area contributed by atoms with Crippen LogP contribution in [-0.2, 0) is 14.4 Å². The largest absolute Gasteiger partial charge is 0.481 e. The number of carboxylic acids is 1. The minimum Gasteiger partial charge on any atom is -0.481 e. The number of carbonyl (C=O) groups excluding carboxylic acids is 2. The van der Waals surface area contributed by atoms with E-state index in [1.165, 1.54) is 4.90 Å². The van der Waals surface area contributed by atoms with Gasteiger partial charge in [0.2, 0.25) is 5.91 Å². The summed E-state index contributed by atoms with van der Waals surface area (Å²) in [6.07, 6.45) is 15.1. The Bertz CT molecular complexity index is 1110. The number of hydrogen-bond donors (Lipinski definition) is 3. The maximum atomic E-state index is 13.4. The van der Waals surface area contributed by atoms with Crippen LogP contribution in [0.5, 0.6) is 0 Å². The molecule has 0 saturated heterocycles. The van der Waals surface area contributed by atoms with Crippen molar-refractivity contribution in [1.29, 1.82) is 0 Å². The van der Waals surface area contributed by atoms with Crippen molar-refractivity contribution in [2.24, 2.45) is 11.8 Å². The van der Waals surface area contributed by atoms with Gasteiger partial charge in [0.1, 0.15) is 6.04 Å². The number of carbonyl (C=O) groups is 3. The summed E-state index contributed by atoms with van der Waals surface area (Å²) in [7, 11) is -2.36. The van der Waals surface area contributed by atoms with Crippen molar-refractivity contribution >= 4 is 43.5 Å². The predicted octanol–water partition coefficient (Wildman–Crippen LogP) is 5.09. The van der Waals surface area contributed by atoms with Crippen LogP contribution in [0.15, 0.2) is 58.3 Å². The van der Waals surface area contributed by atoms with Crippen LogP contribution in [0.2, 0.25) is 0 Å². The molecule has 1 aliphatic carbocycles. The number of benzene rings is 2. The first-order chi connectivity index (χ1) is 16.1. The lowest BCUT2D eigenvalue weighted by Crippen LogP contribution is -2.42. The summed E-state index contributed by atoms with van der Waals surface area (Å²) in [5, 5.41) is 15.3. The Kier molecular flexibility index (Phi) is 7.14. The van der Waals surface area contributed by atoms with E-state index in [-0.39, 0.29) is 5.91 Å². The van der Waals surface area contributed by atoms with E-state index in [1.807, 2.05) is 54.8 Å². The molecule has 3 N–H and O–H groups in total. The molecule has 3 atom stereocenters. The summed E-state index contributed by atoms with van der Waals surface area (Å²) in [6, 6.07) is 14.4. The van der Waals surface area contributed by atoms with Crippen LogP contribution in [0.25, 0.3) is 0 Å². The van der Waals surface area contributed by atoms with Crippen molar-refractivity contribution in [2.75, 3.05) is 42.9 Å². The summed E-state index contributed by atoms with van der Waals surface area (Å²) >= 11 is 1.59. The second kappa shape index (κ2) is 9.21. The molecule has 1 saturated carbocycles. The quantitative estimate of drug-likeness (QED) is 0.423. The zero-order valence-corrected chi connectivity index (χ0v) is 23.1. The summed E-state index contributed by atoms with van der Waals surface area (Å²) in [6.45, 7) is 0. The molecule has 0 aliphatic heterocycles. The second-order valence-electron chi connectivity index (χ2n) is 12.3. The van der Waals surface area contributed by atoms with Crippen molar-refractivity contribution < 1.29 is 19.5 Å². The normalized spacial score (nSPS) is 20.9. The van der Waals surface area contributed by atoms with E-state index in [0.29, 0.717) is 30.5 Å². The Labute approximate surface area is 211 Å². The average molecular weight is 519 g/mol. The van der Waals surface area contributed by atoms with Gasteiger partial charge in [0.15, 0.2) is 0 Å². The highest BCUT2D eigenvalue weighted by Crippen LogP contribution is 2.81. The van der Waals surface area contributed by atoms with Crippen LogP contribution in [0.3, 0.4) is 0 Å². The van der Waals surface area contributed by atoms with E-state index in [4.69, 9.17) is 0 Å². The van der Waals surface area contributed by atoms with Crippen molar-refractivity contribution in [3.8, 4) is 0 Å². The molecule has 3 rings (SSSR count). The van der Waals surface area contributed by atoms with E-state index in [0.717, 1.165) is 4.90 Å². The Balaban J connectivity index is 1.85. The lowest BCUT2D eigenvalue weighted by Gasteiger charge is -2.66. The van der Waals surface area contributed by atoms with E-state index in [2.05, 4.69) is 41.9 Å². The molecule has 6 nitrogen and oxygen atoms in total. The molecule has 0 aromatic heterocycles. The van der Waals surface area contributed by atoms with Crippen LogP contribution in [0.4, 0.5) is 5.69 Å². The van der Waals surface area contributed by atoms with E-state index in [1.54, 1.807) is 11.8 Å². The molecule has 0 radical (unpaired) electrons. The lowest BCUT2D eigenvalue weighted by molar-refractivity contribution is -0.146.